The molecule has 0 unspecified atom stereocenters. The topological polar surface area (TPSA) is 70.2 Å². The summed E-state index contributed by atoms with van der Waals surface area (Å²) in [4.78, 5) is 23.8. The fourth-order valence-electron chi connectivity index (χ4n) is 1.95. The van der Waals surface area contributed by atoms with Gasteiger partial charge in [-0.1, -0.05) is 54.1 Å². The summed E-state index contributed by atoms with van der Waals surface area (Å²) in [7, 11) is 0. The van der Waals surface area contributed by atoms with E-state index < -0.39 is 5.91 Å². The van der Waals surface area contributed by atoms with Gasteiger partial charge < -0.3 is 5.32 Å². The van der Waals surface area contributed by atoms with Crippen molar-refractivity contribution in [2.45, 2.75) is 12.8 Å². The van der Waals surface area contributed by atoms with Crippen LogP contribution in [-0.2, 0) is 11.2 Å². The van der Waals surface area contributed by atoms with E-state index in [9.17, 15) is 9.59 Å². The maximum Gasteiger partial charge on any atom is 0.271 e. The van der Waals surface area contributed by atoms with Gasteiger partial charge in [-0.25, -0.2) is 0 Å². The van der Waals surface area contributed by atoms with Crippen LogP contribution >= 0.6 is 23.8 Å². The summed E-state index contributed by atoms with van der Waals surface area (Å²) in [6, 6.07) is 16.3. The molecule has 2 rings (SSSR count). The molecule has 7 heteroatoms. The Balaban J connectivity index is 1.74. The van der Waals surface area contributed by atoms with Crippen molar-refractivity contribution in [2.75, 3.05) is 0 Å². The molecule has 0 atom stereocenters. The number of amides is 2. The van der Waals surface area contributed by atoms with Crippen molar-refractivity contribution in [1.29, 1.82) is 0 Å². The normalized spacial score (nSPS) is 9.88. The van der Waals surface area contributed by atoms with Crippen LogP contribution in [0.1, 0.15) is 22.3 Å². The maximum atomic E-state index is 11.9. The van der Waals surface area contributed by atoms with Gasteiger partial charge in [-0.15, -0.1) is 0 Å². The first-order valence-electron chi connectivity index (χ1n) is 7.25. The molecule has 0 radical (unpaired) electrons. The quantitative estimate of drug-likeness (QED) is 0.578. The summed E-state index contributed by atoms with van der Waals surface area (Å²) in [6.45, 7) is 0. The molecular weight excluding hydrogens is 346 g/mol. The number of carbonyl (C=O) groups is 2. The molecule has 0 aliphatic carbocycles. The van der Waals surface area contributed by atoms with E-state index in [0.717, 1.165) is 5.56 Å². The molecule has 2 aromatic carbocycles. The van der Waals surface area contributed by atoms with Crippen LogP contribution < -0.4 is 16.2 Å². The maximum absolute atomic E-state index is 11.9. The number of benzene rings is 2. The van der Waals surface area contributed by atoms with Gasteiger partial charge in [0, 0.05) is 6.42 Å². The molecule has 0 bridgehead atoms. The SMILES string of the molecule is O=C(CCc1ccccc1)NC(=S)NNC(=O)c1ccccc1Cl. The molecule has 0 saturated carbocycles. The second-order valence-electron chi connectivity index (χ2n) is 4.92. The van der Waals surface area contributed by atoms with Gasteiger partial charge in [-0.3, -0.25) is 20.4 Å². The Hall–Kier alpha value is -2.44. The highest BCUT2D eigenvalue weighted by atomic mass is 35.5. The highest BCUT2D eigenvalue weighted by Crippen LogP contribution is 2.14. The third-order valence-electron chi connectivity index (χ3n) is 3.14. The van der Waals surface area contributed by atoms with E-state index >= 15 is 0 Å². The number of carbonyl (C=O) groups excluding carboxylic acids is 2. The Morgan fingerprint density at radius 2 is 1.62 bits per heavy atom. The first-order chi connectivity index (χ1) is 11.6. The van der Waals surface area contributed by atoms with Crippen molar-refractivity contribution in [3.05, 3.63) is 70.7 Å². The molecule has 0 saturated heterocycles. The van der Waals surface area contributed by atoms with Crippen LogP contribution in [0.15, 0.2) is 54.6 Å². The highest BCUT2D eigenvalue weighted by molar-refractivity contribution is 7.80. The Morgan fingerprint density at radius 1 is 0.958 bits per heavy atom. The third kappa shape index (κ3) is 5.64. The Labute approximate surface area is 150 Å². The number of halogens is 1. The van der Waals surface area contributed by atoms with Gasteiger partial charge in [0.05, 0.1) is 10.6 Å². The lowest BCUT2D eigenvalue weighted by Gasteiger charge is -2.11. The number of nitrogens with one attached hydrogen (secondary N) is 3. The van der Waals surface area contributed by atoms with Crippen LogP contribution in [-0.4, -0.2) is 16.9 Å². The van der Waals surface area contributed by atoms with Crippen LogP contribution in [0, 0.1) is 0 Å². The van der Waals surface area contributed by atoms with Gasteiger partial charge in [0.25, 0.3) is 5.91 Å². The molecule has 2 aromatic rings. The van der Waals surface area contributed by atoms with Gasteiger partial charge in [-0.05, 0) is 36.3 Å². The van der Waals surface area contributed by atoms with E-state index in [-0.39, 0.29) is 11.0 Å². The monoisotopic (exact) mass is 361 g/mol. The molecule has 3 N–H and O–H groups in total. The number of aryl methyl sites for hydroxylation is 1. The number of hydrogen-bond donors (Lipinski definition) is 3. The minimum absolute atomic E-state index is 0.0217. The molecule has 0 spiro atoms. The lowest BCUT2D eigenvalue weighted by Crippen LogP contribution is -2.48. The van der Waals surface area contributed by atoms with Crippen molar-refractivity contribution < 1.29 is 9.59 Å². The second-order valence-corrected chi connectivity index (χ2v) is 5.74. The summed E-state index contributed by atoms with van der Waals surface area (Å²) >= 11 is 10.9. The van der Waals surface area contributed by atoms with E-state index in [4.69, 9.17) is 23.8 Å². The van der Waals surface area contributed by atoms with E-state index in [1.807, 2.05) is 30.3 Å². The molecule has 2 amide bonds. The number of hydrazine groups is 1. The van der Waals surface area contributed by atoms with Gasteiger partial charge in [0.15, 0.2) is 5.11 Å². The summed E-state index contributed by atoms with van der Waals surface area (Å²) in [5, 5.41) is 2.86. The average Bonchev–Trinajstić information content (AvgIpc) is 2.59. The van der Waals surface area contributed by atoms with Crippen LogP contribution in [0.3, 0.4) is 0 Å². The predicted octanol–water partition coefficient (Wildman–Crippen LogP) is 2.61. The van der Waals surface area contributed by atoms with Crippen LogP contribution in [0.25, 0.3) is 0 Å². The standard InChI is InChI=1S/C17H16ClN3O2S/c18-14-9-5-4-8-13(14)16(23)20-21-17(24)19-15(22)11-10-12-6-2-1-3-7-12/h1-9H,10-11H2,(H,20,23)(H2,19,21,22,24). The van der Waals surface area contributed by atoms with Gasteiger partial charge in [-0.2, -0.15) is 0 Å². The Morgan fingerprint density at radius 3 is 2.33 bits per heavy atom. The van der Waals surface area contributed by atoms with E-state index in [0.29, 0.717) is 23.4 Å². The molecule has 0 aromatic heterocycles. The largest absolute Gasteiger partial charge is 0.302 e. The first kappa shape index (κ1) is 17.9. The van der Waals surface area contributed by atoms with Crippen LogP contribution in [0.4, 0.5) is 0 Å². The van der Waals surface area contributed by atoms with Gasteiger partial charge in [0.2, 0.25) is 5.91 Å². The first-order valence-corrected chi connectivity index (χ1v) is 8.03. The van der Waals surface area contributed by atoms with Crippen LogP contribution in [0.2, 0.25) is 5.02 Å². The molecule has 24 heavy (non-hydrogen) atoms. The van der Waals surface area contributed by atoms with Gasteiger partial charge >= 0.3 is 0 Å². The predicted molar refractivity (Wildman–Crippen MR) is 97.6 cm³/mol. The fourth-order valence-corrected chi connectivity index (χ4v) is 2.34. The molecule has 0 heterocycles. The zero-order chi connectivity index (χ0) is 17.4. The minimum atomic E-state index is -0.443. The molecule has 5 nitrogen and oxygen atoms in total. The lowest BCUT2D eigenvalue weighted by molar-refractivity contribution is -0.119. The molecule has 0 fully saturated rings. The van der Waals surface area contributed by atoms with E-state index in [1.54, 1.807) is 24.3 Å². The highest BCUT2D eigenvalue weighted by Gasteiger charge is 2.10. The fraction of sp³-hybridized carbons (Fsp3) is 0.118. The summed E-state index contributed by atoms with van der Waals surface area (Å²) in [6.07, 6.45) is 0.908. The molecule has 0 aliphatic heterocycles. The summed E-state index contributed by atoms with van der Waals surface area (Å²) in [5.74, 6) is -0.676. The Kier molecular flexibility index (Phi) is 6.72. The zero-order valence-corrected chi connectivity index (χ0v) is 14.3. The summed E-state index contributed by atoms with van der Waals surface area (Å²) in [5.41, 5.74) is 6.25. The Bertz CT molecular complexity index is 738. The van der Waals surface area contributed by atoms with Gasteiger partial charge in [0.1, 0.15) is 0 Å². The van der Waals surface area contributed by atoms with Crippen molar-refractivity contribution in [3.63, 3.8) is 0 Å². The van der Waals surface area contributed by atoms with Crippen LogP contribution in [0.5, 0.6) is 0 Å². The molecular formula is C17H16ClN3O2S. The zero-order valence-electron chi connectivity index (χ0n) is 12.7. The van der Waals surface area contributed by atoms with E-state index in [2.05, 4.69) is 16.2 Å². The second kappa shape index (κ2) is 9.00. The van der Waals surface area contributed by atoms with Crippen molar-refractivity contribution in [3.8, 4) is 0 Å². The number of hydrogen-bond acceptors (Lipinski definition) is 3. The smallest absolute Gasteiger partial charge is 0.271 e. The van der Waals surface area contributed by atoms with Crippen molar-refractivity contribution in [2.24, 2.45) is 0 Å². The third-order valence-corrected chi connectivity index (χ3v) is 3.68. The van der Waals surface area contributed by atoms with E-state index in [1.165, 1.54) is 0 Å². The number of thiocarbonyl (C=S) groups is 1. The summed E-state index contributed by atoms with van der Waals surface area (Å²) < 4.78 is 0. The average molecular weight is 362 g/mol. The lowest BCUT2D eigenvalue weighted by atomic mass is 10.1. The minimum Gasteiger partial charge on any atom is -0.302 e. The van der Waals surface area contributed by atoms with Crippen molar-refractivity contribution in [1.82, 2.24) is 16.2 Å². The number of rotatable bonds is 4. The van der Waals surface area contributed by atoms with Crippen molar-refractivity contribution >= 4 is 40.7 Å². The molecule has 0 aliphatic rings. The molecule has 124 valence electrons.